The number of nitrogens with one attached hydrogen (secondary N) is 1. The third-order valence-electron chi connectivity index (χ3n) is 3.55. The lowest BCUT2D eigenvalue weighted by Gasteiger charge is -2.31. The van der Waals surface area contributed by atoms with Crippen LogP contribution in [0.4, 0.5) is 0 Å². The van der Waals surface area contributed by atoms with Crippen LogP contribution in [0, 0.1) is 5.92 Å². The number of rotatable bonds is 7. The van der Waals surface area contributed by atoms with Crippen LogP contribution in [-0.2, 0) is 0 Å². The molecule has 16 heavy (non-hydrogen) atoms. The van der Waals surface area contributed by atoms with Crippen molar-refractivity contribution in [3.8, 4) is 0 Å². The molecule has 96 valence electrons. The molecule has 1 heterocycles. The van der Waals surface area contributed by atoms with Crippen molar-refractivity contribution >= 4 is 0 Å². The summed E-state index contributed by atoms with van der Waals surface area (Å²) in [6.45, 7) is 9.70. The summed E-state index contributed by atoms with van der Waals surface area (Å²) >= 11 is 0. The van der Waals surface area contributed by atoms with Crippen molar-refractivity contribution in [2.45, 2.75) is 26.2 Å². The lowest BCUT2D eigenvalue weighted by atomic mass is 9.97. The van der Waals surface area contributed by atoms with Crippen LogP contribution in [0.15, 0.2) is 0 Å². The SMILES string of the molecule is CCN1CCC(CNCCCN(C)C)CC1. The Morgan fingerprint density at radius 2 is 1.94 bits per heavy atom. The van der Waals surface area contributed by atoms with Gasteiger partial charge in [-0.25, -0.2) is 0 Å². The van der Waals surface area contributed by atoms with E-state index in [1.54, 1.807) is 0 Å². The number of hydrogen-bond acceptors (Lipinski definition) is 3. The van der Waals surface area contributed by atoms with E-state index in [-0.39, 0.29) is 0 Å². The van der Waals surface area contributed by atoms with Crippen LogP contribution in [0.1, 0.15) is 26.2 Å². The van der Waals surface area contributed by atoms with E-state index in [2.05, 4.69) is 36.1 Å². The summed E-state index contributed by atoms with van der Waals surface area (Å²) in [5.74, 6) is 0.919. The maximum atomic E-state index is 3.60. The molecule has 0 aromatic heterocycles. The molecule has 1 aliphatic heterocycles. The van der Waals surface area contributed by atoms with Crippen molar-refractivity contribution in [1.29, 1.82) is 0 Å². The van der Waals surface area contributed by atoms with E-state index < -0.39 is 0 Å². The van der Waals surface area contributed by atoms with Gasteiger partial charge in [0.2, 0.25) is 0 Å². The van der Waals surface area contributed by atoms with Gasteiger partial charge in [0, 0.05) is 0 Å². The molecule has 0 spiro atoms. The molecule has 0 saturated carbocycles. The highest BCUT2D eigenvalue weighted by Gasteiger charge is 2.17. The van der Waals surface area contributed by atoms with Crippen LogP contribution < -0.4 is 5.32 Å². The first-order valence-corrected chi connectivity index (χ1v) is 6.80. The standard InChI is InChI=1S/C13H29N3/c1-4-16-10-6-13(7-11-16)12-14-8-5-9-15(2)3/h13-14H,4-12H2,1-3H3. The van der Waals surface area contributed by atoms with Gasteiger partial charge in [0.25, 0.3) is 0 Å². The Hall–Kier alpha value is -0.120. The fourth-order valence-corrected chi connectivity index (χ4v) is 2.33. The minimum absolute atomic E-state index is 0.919. The Morgan fingerprint density at radius 1 is 1.25 bits per heavy atom. The van der Waals surface area contributed by atoms with Gasteiger partial charge >= 0.3 is 0 Å². The summed E-state index contributed by atoms with van der Waals surface area (Å²) in [7, 11) is 4.28. The van der Waals surface area contributed by atoms with Gasteiger partial charge in [0.05, 0.1) is 0 Å². The molecule has 0 aromatic rings. The molecule has 3 heteroatoms. The molecule has 3 nitrogen and oxygen atoms in total. The van der Waals surface area contributed by atoms with E-state index in [9.17, 15) is 0 Å². The van der Waals surface area contributed by atoms with Crippen LogP contribution >= 0.6 is 0 Å². The van der Waals surface area contributed by atoms with Crippen molar-refractivity contribution in [3.63, 3.8) is 0 Å². The normalized spacial score (nSPS) is 19.5. The van der Waals surface area contributed by atoms with Crippen LogP contribution in [-0.4, -0.2) is 63.2 Å². The van der Waals surface area contributed by atoms with Crippen molar-refractivity contribution in [2.24, 2.45) is 5.92 Å². The minimum atomic E-state index is 0.919. The molecule has 1 N–H and O–H groups in total. The first kappa shape index (κ1) is 13.9. The average molecular weight is 227 g/mol. The summed E-state index contributed by atoms with van der Waals surface area (Å²) in [5.41, 5.74) is 0. The lowest BCUT2D eigenvalue weighted by molar-refractivity contribution is 0.190. The van der Waals surface area contributed by atoms with Gasteiger partial charge in [-0.3, -0.25) is 0 Å². The fraction of sp³-hybridized carbons (Fsp3) is 1.00. The van der Waals surface area contributed by atoms with Crippen LogP contribution in [0.2, 0.25) is 0 Å². The Kier molecular flexibility index (Phi) is 7.01. The summed E-state index contributed by atoms with van der Waals surface area (Å²) in [6, 6.07) is 0. The maximum absolute atomic E-state index is 3.60. The van der Waals surface area contributed by atoms with Gasteiger partial charge in [0.1, 0.15) is 0 Å². The van der Waals surface area contributed by atoms with E-state index >= 15 is 0 Å². The third kappa shape index (κ3) is 5.83. The number of piperidine rings is 1. The molecule has 1 saturated heterocycles. The molecule has 0 aromatic carbocycles. The molecule has 1 aliphatic rings. The smallest absolute Gasteiger partial charge is 0.00127 e. The minimum Gasteiger partial charge on any atom is -0.316 e. The second kappa shape index (κ2) is 8.04. The first-order valence-electron chi connectivity index (χ1n) is 6.80. The molecule has 0 unspecified atom stereocenters. The third-order valence-corrected chi connectivity index (χ3v) is 3.55. The average Bonchev–Trinajstić information content (AvgIpc) is 2.29. The lowest BCUT2D eigenvalue weighted by Crippen LogP contribution is -2.37. The fourth-order valence-electron chi connectivity index (χ4n) is 2.33. The topological polar surface area (TPSA) is 18.5 Å². The van der Waals surface area contributed by atoms with E-state index in [0.717, 1.165) is 5.92 Å². The monoisotopic (exact) mass is 227 g/mol. The quantitative estimate of drug-likeness (QED) is 0.661. The van der Waals surface area contributed by atoms with E-state index in [4.69, 9.17) is 0 Å². The zero-order valence-corrected chi connectivity index (χ0v) is 11.3. The first-order chi connectivity index (χ1) is 7.72. The maximum Gasteiger partial charge on any atom is -0.00127 e. The summed E-state index contributed by atoms with van der Waals surface area (Å²) in [6.07, 6.45) is 4.03. The molecular formula is C13H29N3. The van der Waals surface area contributed by atoms with Gasteiger partial charge in [-0.05, 0) is 78.5 Å². The highest BCUT2D eigenvalue weighted by atomic mass is 15.1. The number of likely N-dealkylation sites (tertiary alicyclic amines) is 1. The van der Waals surface area contributed by atoms with Crippen LogP contribution in [0.5, 0.6) is 0 Å². The molecule has 0 amide bonds. The number of nitrogens with zero attached hydrogens (tertiary/aromatic N) is 2. The summed E-state index contributed by atoms with van der Waals surface area (Å²) in [4.78, 5) is 4.81. The molecule has 1 fully saturated rings. The highest BCUT2D eigenvalue weighted by molar-refractivity contribution is 4.73. The van der Waals surface area contributed by atoms with Gasteiger partial charge < -0.3 is 15.1 Å². The number of hydrogen-bond donors (Lipinski definition) is 1. The van der Waals surface area contributed by atoms with Gasteiger partial charge in [-0.15, -0.1) is 0 Å². The Bertz CT molecular complexity index is 163. The van der Waals surface area contributed by atoms with Crippen LogP contribution in [0.25, 0.3) is 0 Å². The van der Waals surface area contributed by atoms with E-state index in [0.29, 0.717) is 0 Å². The zero-order chi connectivity index (χ0) is 11.8. The molecular weight excluding hydrogens is 198 g/mol. The molecule has 0 bridgehead atoms. The predicted octanol–water partition coefficient (Wildman–Crippen LogP) is 1.26. The Labute approximate surface area is 101 Å². The molecule has 1 rings (SSSR count). The molecule has 0 aliphatic carbocycles. The largest absolute Gasteiger partial charge is 0.316 e. The van der Waals surface area contributed by atoms with Crippen molar-refractivity contribution in [1.82, 2.24) is 15.1 Å². The Morgan fingerprint density at radius 3 is 2.50 bits per heavy atom. The van der Waals surface area contributed by atoms with Crippen molar-refractivity contribution in [3.05, 3.63) is 0 Å². The van der Waals surface area contributed by atoms with E-state index in [1.807, 2.05) is 0 Å². The Balaban J connectivity index is 1.94. The van der Waals surface area contributed by atoms with Gasteiger partial charge in [0.15, 0.2) is 0 Å². The molecule has 0 radical (unpaired) electrons. The summed E-state index contributed by atoms with van der Waals surface area (Å²) in [5, 5.41) is 3.60. The second-order valence-electron chi connectivity index (χ2n) is 5.24. The van der Waals surface area contributed by atoms with Crippen molar-refractivity contribution in [2.75, 3.05) is 53.4 Å². The highest BCUT2D eigenvalue weighted by Crippen LogP contribution is 2.15. The predicted molar refractivity (Wildman–Crippen MR) is 70.9 cm³/mol. The van der Waals surface area contributed by atoms with Gasteiger partial charge in [-0.2, -0.15) is 0 Å². The zero-order valence-electron chi connectivity index (χ0n) is 11.3. The second-order valence-corrected chi connectivity index (χ2v) is 5.24. The van der Waals surface area contributed by atoms with Gasteiger partial charge in [-0.1, -0.05) is 6.92 Å². The van der Waals surface area contributed by atoms with Crippen molar-refractivity contribution < 1.29 is 0 Å². The van der Waals surface area contributed by atoms with E-state index in [1.165, 1.54) is 58.5 Å². The summed E-state index contributed by atoms with van der Waals surface area (Å²) < 4.78 is 0. The molecule has 0 atom stereocenters. The van der Waals surface area contributed by atoms with Crippen LogP contribution in [0.3, 0.4) is 0 Å².